The number of nitrogens with one attached hydrogen (secondary N) is 1. The van der Waals surface area contributed by atoms with Gasteiger partial charge in [-0.3, -0.25) is 10.00 Å². The van der Waals surface area contributed by atoms with Gasteiger partial charge in [0, 0.05) is 18.8 Å². The fraction of sp³-hybridized carbons (Fsp3) is 0.278. The molecule has 0 bridgehead atoms. The van der Waals surface area contributed by atoms with Gasteiger partial charge in [0.15, 0.2) is 17.4 Å². The first-order valence-electron chi connectivity index (χ1n) is 8.05. The Morgan fingerprint density at radius 3 is 2.84 bits per heavy atom. The number of aromatic amines is 1. The molecule has 3 aromatic rings. The van der Waals surface area contributed by atoms with Crippen LogP contribution in [0.4, 0.5) is 8.78 Å². The lowest BCUT2D eigenvalue weighted by molar-refractivity contribution is 0.168. The van der Waals surface area contributed by atoms with Crippen molar-refractivity contribution >= 4 is 0 Å². The van der Waals surface area contributed by atoms with Crippen LogP contribution in [0, 0.1) is 11.6 Å². The maximum Gasteiger partial charge on any atom is 0.159 e. The molecular weight excluding hydrogens is 328 g/mol. The molecule has 0 saturated carbocycles. The van der Waals surface area contributed by atoms with Crippen molar-refractivity contribution in [2.24, 2.45) is 0 Å². The molecule has 130 valence electrons. The van der Waals surface area contributed by atoms with Crippen molar-refractivity contribution in [3.63, 3.8) is 0 Å². The number of benzene rings is 1. The SMILES string of the molecule is O[C@H]1C[C@@H](c2ccc(F)c(F)c2)N(Cc2ccc(-c3ccn[nH]3)o2)C1. The third-order valence-electron chi connectivity index (χ3n) is 4.50. The number of β-amino-alcohol motifs (C(OH)–C–C–N with tert-alkyl or cyclic N) is 1. The molecule has 0 radical (unpaired) electrons. The summed E-state index contributed by atoms with van der Waals surface area (Å²) in [5, 5.41) is 16.8. The van der Waals surface area contributed by atoms with E-state index < -0.39 is 17.7 Å². The number of aliphatic hydroxyl groups excluding tert-OH is 1. The van der Waals surface area contributed by atoms with Gasteiger partial charge >= 0.3 is 0 Å². The molecule has 0 amide bonds. The predicted molar refractivity (Wildman–Crippen MR) is 86.4 cm³/mol. The van der Waals surface area contributed by atoms with E-state index in [-0.39, 0.29) is 6.04 Å². The first-order valence-corrected chi connectivity index (χ1v) is 8.05. The van der Waals surface area contributed by atoms with Gasteiger partial charge in [0.25, 0.3) is 0 Å². The minimum atomic E-state index is -0.877. The predicted octanol–water partition coefficient (Wildman–Crippen LogP) is 3.26. The summed E-state index contributed by atoms with van der Waals surface area (Å²) >= 11 is 0. The van der Waals surface area contributed by atoms with E-state index in [9.17, 15) is 13.9 Å². The number of aliphatic hydroxyl groups is 1. The number of H-pyrrole nitrogens is 1. The van der Waals surface area contributed by atoms with Crippen molar-refractivity contribution in [3.05, 3.63) is 65.6 Å². The Balaban J connectivity index is 1.55. The van der Waals surface area contributed by atoms with Gasteiger partial charge in [-0.1, -0.05) is 6.07 Å². The largest absolute Gasteiger partial charge is 0.458 e. The summed E-state index contributed by atoms with van der Waals surface area (Å²) in [6.45, 7) is 0.915. The van der Waals surface area contributed by atoms with Crippen molar-refractivity contribution in [1.29, 1.82) is 0 Å². The van der Waals surface area contributed by atoms with E-state index in [0.29, 0.717) is 30.8 Å². The van der Waals surface area contributed by atoms with Gasteiger partial charge in [0.1, 0.15) is 11.5 Å². The molecule has 1 aliphatic heterocycles. The second-order valence-electron chi connectivity index (χ2n) is 6.24. The Hall–Kier alpha value is -2.51. The molecule has 2 atom stereocenters. The maximum atomic E-state index is 13.6. The molecule has 3 heterocycles. The van der Waals surface area contributed by atoms with Crippen molar-refractivity contribution in [2.75, 3.05) is 6.54 Å². The van der Waals surface area contributed by atoms with Crippen LogP contribution >= 0.6 is 0 Å². The van der Waals surface area contributed by atoms with Gasteiger partial charge in [-0.25, -0.2) is 8.78 Å². The standard InChI is InChI=1S/C18H17F2N3O2/c19-14-3-1-11(7-15(14)20)17-8-12(24)9-23(17)10-13-2-4-18(25-13)16-5-6-21-22-16/h1-7,12,17,24H,8-10H2,(H,21,22)/t12-,17-/m0/s1. The highest BCUT2D eigenvalue weighted by molar-refractivity contribution is 5.51. The average molecular weight is 345 g/mol. The lowest BCUT2D eigenvalue weighted by atomic mass is 10.0. The first-order chi connectivity index (χ1) is 12.1. The molecule has 4 rings (SSSR count). The van der Waals surface area contributed by atoms with Crippen LogP contribution in [0.15, 0.2) is 47.0 Å². The number of hydrogen-bond donors (Lipinski definition) is 2. The lowest BCUT2D eigenvalue weighted by Gasteiger charge is -2.23. The van der Waals surface area contributed by atoms with E-state index in [1.54, 1.807) is 12.3 Å². The van der Waals surface area contributed by atoms with Crippen molar-refractivity contribution in [1.82, 2.24) is 15.1 Å². The average Bonchev–Trinajstić information content (AvgIpc) is 3.31. The quantitative estimate of drug-likeness (QED) is 0.762. The number of halogens is 2. The number of likely N-dealkylation sites (tertiary alicyclic amines) is 1. The van der Waals surface area contributed by atoms with Crippen LogP contribution in [0.1, 0.15) is 23.8 Å². The van der Waals surface area contributed by atoms with E-state index >= 15 is 0 Å². The van der Waals surface area contributed by atoms with Crippen molar-refractivity contribution < 1.29 is 18.3 Å². The van der Waals surface area contributed by atoms with Gasteiger partial charge in [0.2, 0.25) is 0 Å². The molecule has 1 saturated heterocycles. The Labute approximate surface area is 142 Å². The molecule has 0 aliphatic carbocycles. The maximum absolute atomic E-state index is 13.6. The molecule has 5 nitrogen and oxygen atoms in total. The second-order valence-corrected chi connectivity index (χ2v) is 6.24. The van der Waals surface area contributed by atoms with Gasteiger partial charge in [-0.15, -0.1) is 0 Å². The van der Waals surface area contributed by atoms with E-state index in [4.69, 9.17) is 4.42 Å². The van der Waals surface area contributed by atoms with Crippen LogP contribution in [0.3, 0.4) is 0 Å². The molecule has 1 aliphatic rings. The van der Waals surface area contributed by atoms with E-state index in [1.165, 1.54) is 6.07 Å². The van der Waals surface area contributed by atoms with Crippen LogP contribution in [0.2, 0.25) is 0 Å². The molecule has 1 fully saturated rings. The first kappa shape index (κ1) is 16.0. The highest BCUT2D eigenvalue weighted by Crippen LogP contribution is 2.34. The Morgan fingerprint density at radius 1 is 1.20 bits per heavy atom. The Bertz CT molecular complexity index is 863. The van der Waals surface area contributed by atoms with Crippen LogP contribution in [0.25, 0.3) is 11.5 Å². The summed E-state index contributed by atoms with van der Waals surface area (Å²) in [4.78, 5) is 2.01. The molecule has 25 heavy (non-hydrogen) atoms. The fourth-order valence-electron chi connectivity index (χ4n) is 3.32. The molecule has 7 heteroatoms. The zero-order chi connectivity index (χ0) is 17.4. The minimum absolute atomic E-state index is 0.189. The number of hydrogen-bond acceptors (Lipinski definition) is 4. The van der Waals surface area contributed by atoms with Crippen LogP contribution < -0.4 is 0 Å². The highest BCUT2D eigenvalue weighted by atomic mass is 19.2. The smallest absolute Gasteiger partial charge is 0.159 e. The van der Waals surface area contributed by atoms with Crippen molar-refractivity contribution in [3.8, 4) is 11.5 Å². The molecular formula is C18H17F2N3O2. The van der Waals surface area contributed by atoms with Crippen LogP contribution in [-0.4, -0.2) is 32.9 Å². The number of furan rings is 1. The number of nitrogens with zero attached hydrogens (tertiary/aromatic N) is 2. The third-order valence-corrected chi connectivity index (χ3v) is 4.50. The van der Waals surface area contributed by atoms with E-state index in [1.807, 2.05) is 23.1 Å². The Morgan fingerprint density at radius 2 is 2.08 bits per heavy atom. The molecule has 2 aromatic heterocycles. The summed E-state index contributed by atoms with van der Waals surface area (Å²) in [5.74, 6) is -0.342. The van der Waals surface area contributed by atoms with Crippen molar-refractivity contribution in [2.45, 2.75) is 25.1 Å². The third kappa shape index (κ3) is 3.20. The monoisotopic (exact) mass is 345 g/mol. The summed E-state index contributed by atoms with van der Waals surface area (Å²) in [6.07, 6.45) is 1.60. The van der Waals surface area contributed by atoms with Gasteiger partial charge in [0.05, 0.1) is 12.6 Å². The van der Waals surface area contributed by atoms with Gasteiger partial charge in [-0.05, 0) is 42.3 Å². The fourth-order valence-corrected chi connectivity index (χ4v) is 3.32. The van der Waals surface area contributed by atoms with Crippen LogP contribution in [0.5, 0.6) is 0 Å². The zero-order valence-corrected chi connectivity index (χ0v) is 13.3. The van der Waals surface area contributed by atoms with Crippen LogP contribution in [-0.2, 0) is 6.54 Å². The van der Waals surface area contributed by atoms with Gasteiger partial charge < -0.3 is 9.52 Å². The molecule has 2 N–H and O–H groups in total. The van der Waals surface area contributed by atoms with E-state index in [0.717, 1.165) is 17.5 Å². The molecule has 0 unspecified atom stereocenters. The number of aromatic nitrogens is 2. The summed E-state index contributed by atoms with van der Waals surface area (Å²) < 4.78 is 32.6. The summed E-state index contributed by atoms with van der Waals surface area (Å²) in [6, 6.07) is 9.22. The van der Waals surface area contributed by atoms with Gasteiger partial charge in [-0.2, -0.15) is 5.10 Å². The van der Waals surface area contributed by atoms with E-state index in [2.05, 4.69) is 10.2 Å². The summed E-state index contributed by atoms with van der Waals surface area (Å²) in [5.41, 5.74) is 1.43. The summed E-state index contributed by atoms with van der Waals surface area (Å²) in [7, 11) is 0. The normalized spacial score (nSPS) is 21.1. The molecule has 1 aromatic carbocycles. The highest BCUT2D eigenvalue weighted by Gasteiger charge is 2.33. The minimum Gasteiger partial charge on any atom is -0.458 e. The number of rotatable bonds is 4. The lowest BCUT2D eigenvalue weighted by Crippen LogP contribution is -2.24. The topological polar surface area (TPSA) is 65.3 Å². The Kier molecular flexibility index (Phi) is 4.10. The zero-order valence-electron chi connectivity index (χ0n) is 13.3. The second kappa shape index (κ2) is 6.42. The molecule has 0 spiro atoms.